The second-order valence-electron chi connectivity index (χ2n) is 3.54. The molecule has 0 saturated carbocycles. The van der Waals surface area contributed by atoms with Gasteiger partial charge in [0.2, 0.25) is 0 Å². The van der Waals surface area contributed by atoms with Gasteiger partial charge >= 0.3 is 0 Å². The predicted octanol–water partition coefficient (Wildman–Crippen LogP) is 3.35. The zero-order valence-electron chi connectivity index (χ0n) is 9.08. The molecule has 88 valence electrons. The molecule has 0 heterocycles. The lowest BCUT2D eigenvalue weighted by Gasteiger charge is -2.07. The van der Waals surface area contributed by atoms with Crippen LogP contribution < -0.4 is 4.74 Å². The number of rotatable bonds is 2. The van der Waals surface area contributed by atoms with Crippen molar-refractivity contribution in [2.75, 3.05) is 7.11 Å². The Morgan fingerprint density at radius 1 is 1.06 bits per heavy atom. The van der Waals surface area contributed by atoms with Crippen LogP contribution in [0, 0.1) is 11.6 Å². The number of phenolic OH excluding ortho intramolecular Hbond substituents is 1. The van der Waals surface area contributed by atoms with Crippen LogP contribution in [0.4, 0.5) is 8.78 Å². The average Bonchev–Trinajstić information content (AvgIpc) is 2.28. The van der Waals surface area contributed by atoms with Crippen molar-refractivity contribution in [2.45, 2.75) is 0 Å². The summed E-state index contributed by atoms with van der Waals surface area (Å²) < 4.78 is 31.3. The standard InChI is InChI=1S/C13H10F2O2/c1-17-11-5-8(4-10(16)7-11)12-3-2-9(14)6-13(12)15/h2-7,16H,1H3. The first-order valence-electron chi connectivity index (χ1n) is 4.93. The molecule has 2 aromatic rings. The summed E-state index contributed by atoms with van der Waals surface area (Å²) in [5.74, 6) is -0.956. The van der Waals surface area contributed by atoms with Crippen molar-refractivity contribution in [2.24, 2.45) is 0 Å². The minimum absolute atomic E-state index is 0.0388. The summed E-state index contributed by atoms with van der Waals surface area (Å²) >= 11 is 0. The summed E-state index contributed by atoms with van der Waals surface area (Å²) in [6, 6.07) is 7.64. The Bertz CT molecular complexity index is 553. The molecule has 17 heavy (non-hydrogen) atoms. The molecule has 0 amide bonds. The Hall–Kier alpha value is -2.10. The van der Waals surface area contributed by atoms with Gasteiger partial charge < -0.3 is 9.84 Å². The van der Waals surface area contributed by atoms with Crippen molar-refractivity contribution in [3.8, 4) is 22.6 Å². The highest BCUT2D eigenvalue weighted by Gasteiger charge is 2.08. The summed E-state index contributed by atoms with van der Waals surface area (Å²) in [6.45, 7) is 0. The predicted molar refractivity (Wildman–Crippen MR) is 60.0 cm³/mol. The van der Waals surface area contributed by atoms with E-state index in [1.807, 2.05) is 0 Å². The van der Waals surface area contributed by atoms with Gasteiger partial charge in [-0.25, -0.2) is 8.78 Å². The summed E-state index contributed by atoms with van der Waals surface area (Å²) in [6.07, 6.45) is 0. The van der Waals surface area contributed by atoms with Gasteiger partial charge in [-0.1, -0.05) is 0 Å². The molecule has 4 heteroatoms. The van der Waals surface area contributed by atoms with E-state index in [4.69, 9.17) is 4.74 Å². The number of ether oxygens (including phenoxy) is 1. The molecule has 0 aliphatic heterocycles. The lowest BCUT2D eigenvalue weighted by atomic mass is 10.0. The second-order valence-corrected chi connectivity index (χ2v) is 3.54. The minimum atomic E-state index is -0.683. The highest BCUT2D eigenvalue weighted by atomic mass is 19.1. The molecular formula is C13H10F2O2. The first-order chi connectivity index (χ1) is 8.10. The van der Waals surface area contributed by atoms with Gasteiger partial charge in [0.05, 0.1) is 7.11 Å². The van der Waals surface area contributed by atoms with Crippen molar-refractivity contribution in [1.82, 2.24) is 0 Å². The van der Waals surface area contributed by atoms with Crippen molar-refractivity contribution < 1.29 is 18.6 Å². The van der Waals surface area contributed by atoms with Crippen molar-refractivity contribution in [3.05, 3.63) is 48.0 Å². The van der Waals surface area contributed by atoms with Gasteiger partial charge in [-0.3, -0.25) is 0 Å². The number of benzene rings is 2. The summed E-state index contributed by atoms with van der Waals surface area (Å²) in [5, 5.41) is 9.46. The highest BCUT2D eigenvalue weighted by molar-refractivity contribution is 5.67. The first kappa shape index (κ1) is 11.4. The van der Waals surface area contributed by atoms with Crippen molar-refractivity contribution in [3.63, 3.8) is 0 Å². The van der Waals surface area contributed by atoms with Gasteiger partial charge in [0.25, 0.3) is 0 Å². The van der Waals surface area contributed by atoms with E-state index in [0.717, 1.165) is 12.1 Å². The third kappa shape index (κ3) is 2.36. The molecule has 0 aliphatic carbocycles. The van der Waals surface area contributed by atoms with Crippen LogP contribution in [0.3, 0.4) is 0 Å². The fourth-order valence-electron chi connectivity index (χ4n) is 1.58. The largest absolute Gasteiger partial charge is 0.508 e. The Balaban J connectivity index is 2.55. The molecule has 0 bridgehead atoms. The van der Waals surface area contributed by atoms with E-state index in [1.54, 1.807) is 6.07 Å². The molecule has 0 atom stereocenters. The van der Waals surface area contributed by atoms with Gasteiger partial charge in [0.15, 0.2) is 0 Å². The molecule has 2 aromatic carbocycles. The molecule has 2 rings (SSSR count). The van der Waals surface area contributed by atoms with E-state index in [2.05, 4.69) is 0 Å². The monoisotopic (exact) mass is 236 g/mol. The first-order valence-corrected chi connectivity index (χ1v) is 4.93. The third-order valence-electron chi connectivity index (χ3n) is 2.37. The Labute approximate surface area is 97.1 Å². The average molecular weight is 236 g/mol. The van der Waals surface area contributed by atoms with E-state index >= 15 is 0 Å². The van der Waals surface area contributed by atoms with Gasteiger partial charge in [-0.2, -0.15) is 0 Å². The SMILES string of the molecule is COc1cc(O)cc(-c2ccc(F)cc2F)c1. The van der Waals surface area contributed by atoms with E-state index in [-0.39, 0.29) is 11.3 Å². The van der Waals surface area contributed by atoms with E-state index < -0.39 is 11.6 Å². The van der Waals surface area contributed by atoms with Crippen LogP contribution in [0.2, 0.25) is 0 Å². The van der Waals surface area contributed by atoms with Gasteiger partial charge in [-0.15, -0.1) is 0 Å². The smallest absolute Gasteiger partial charge is 0.133 e. The number of phenols is 1. The number of hydrogen-bond acceptors (Lipinski definition) is 2. The molecule has 0 aliphatic rings. The van der Waals surface area contributed by atoms with Gasteiger partial charge in [0, 0.05) is 17.7 Å². The fourth-order valence-corrected chi connectivity index (χ4v) is 1.58. The lowest BCUT2D eigenvalue weighted by molar-refractivity contribution is 0.408. The van der Waals surface area contributed by atoms with Crippen LogP contribution in [0.1, 0.15) is 0 Å². The number of methoxy groups -OCH3 is 1. The van der Waals surface area contributed by atoms with Crippen molar-refractivity contribution >= 4 is 0 Å². The van der Waals surface area contributed by atoms with Crippen LogP contribution in [-0.4, -0.2) is 12.2 Å². The van der Waals surface area contributed by atoms with Crippen LogP contribution in [0.15, 0.2) is 36.4 Å². The van der Waals surface area contributed by atoms with Crippen LogP contribution in [-0.2, 0) is 0 Å². The molecule has 1 N–H and O–H groups in total. The molecule has 0 fully saturated rings. The Kier molecular flexibility index (Phi) is 2.95. The number of aromatic hydroxyl groups is 1. The van der Waals surface area contributed by atoms with Gasteiger partial charge in [0.1, 0.15) is 23.1 Å². The normalized spacial score (nSPS) is 10.3. The molecule has 2 nitrogen and oxygen atoms in total. The lowest BCUT2D eigenvalue weighted by Crippen LogP contribution is -1.88. The third-order valence-corrected chi connectivity index (χ3v) is 2.37. The van der Waals surface area contributed by atoms with E-state index in [1.165, 1.54) is 25.3 Å². The van der Waals surface area contributed by atoms with Crippen LogP contribution in [0.5, 0.6) is 11.5 Å². The molecular weight excluding hydrogens is 226 g/mol. The maximum atomic E-state index is 13.5. The zero-order chi connectivity index (χ0) is 12.4. The summed E-state index contributed by atoms with van der Waals surface area (Å²) in [4.78, 5) is 0. The highest BCUT2D eigenvalue weighted by Crippen LogP contribution is 2.30. The molecule has 0 unspecified atom stereocenters. The fraction of sp³-hybridized carbons (Fsp3) is 0.0769. The van der Waals surface area contributed by atoms with Crippen molar-refractivity contribution in [1.29, 1.82) is 0 Å². The minimum Gasteiger partial charge on any atom is -0.508 e. The van der Waals surface area contributed by atoms with Gasteiger partial charge in [-0.05, 0) is 29.8 Å². The molecule has 0 spiro atoms. The summed E-state index contributed by atoms with van der Waals surface area (Å²) in [5.41, 5.74) is 0.639. The van der Waals surface area contributed by atoms with E-state index in [0.29, 0.717) is 11.3 Å². The summed E-state index contributed by atoms with van der Waals surface area (Å²) in [7, 11) is 1.44. The topological polar surface area (TPSA) is 29.5 Å². The maximum absolute atomic E-state index is 13.5. The van der Waals surface area contributed by atoms with Crippen LogP contribution in [0.25, 0.3) is 11.1 Å². The number of halogens is 2. The molecule has 0 aromatic heterocycles. The quantitative estimate of drug-likeness (QED) is 0.866. The molecule has 0 saturated heterocycles. The number of hydrogen-bond donors (Lipinski definition) is 1. The Morgan fingerprint density at radius 3 is 2.47 bits per heavy atom. The second kappa shape index (κ2) is 4.41. The molecule has 0 radical (unpaired) electrons. The Morgan fingerprint density at radius 2 is 1.82 bits per heavy atom. The maximum Gasteiger partial charge on any atom is 0.133 e. The van der Waals surface area contributed by atoms with Crippen LogP contribution >= 0.6 is 0 Å². The van der Waals surface area contributed by atoms with E-state index in [9.17, 15) is 13.9 Å². The zero-order valence-corrected chi connectivity index (χ0v) is 9.08.